The first-order valence-electron chi connectivity index (χ1n) is 10.7. The molecular weight excluding hydrogens is 406 g/mol. The summed E-state index contributed by atoms with van der Waals surface area (Å²) in [5.41, 5.74) is 0.917. The smallest absolute Gasteiger partial charge is 0.179 e. The highest BCUT2D eigenvalue weighted by Crippen LogP contribution is 2.27. The second-order valence-electron chi connectivity index (χ2n) is 7.47. The van der Waals surface area contributed by atoms with Crippen LogP contribution >= 0.6 is 35.6 Å². The van der Waals surface area contributed by atoms with Gasteiger partial charge in [0.15, 0.2) is 10.3 Å². The average molecular weight is 440 g/mol. The third kappa shape index (κ3) is 8.71. The lowest BCUT2D eigenvalue weighted by Crippen LogP contribution is -2.36. The van der Waals surface area contributed by atoms with Gasteiger partial charge in [-0.05, 0) is 36.8 Å². The Labute approximate surface area is 185 Å². The highest BCUT2D eigenvalue weighted by molar-refractivity contribution is 8.14. The third-order valence-corrected chi connectivity index (χ3v) is 6.48. The van der Waals surface area contributed by atoms with E-state index in [2.05, 4.69) is 24.1 Å². The molecule has 0 aromatic heterocycles. The van der Waals surface area contributed by atoms with Crippen molar-refractivity contribution in [3.05, 3.63) is 29.3 Å². The van der Waals surface area contributed by atoms with Crippen molar-refractivity contribution in [3.63, 3.8) is 0 Å². The van der Waals surface area contributed by atoms with E-state index in [0.717, 1.165) is 30.4 Å². The van der Waals surface area contributed by atoms with Gasteiger partial charge < -0.3 is 5.32 Å². The topological polar surface area (TPSA) is 27.6 Å². The first-order chi connectivity index (χ1) is 13.6. The van der Waals surface area contributed by atoms with Gasteiger partial charge in [0.1, 0.15) is 0 Å². The first kappa shape index (κ1) is 23.5. The molecule has 1 aromatic rings. The molecule has 2 rings (SSSR count). The number of hydrogen-bond donors (Lipinski definition) is 1. The summed E-state index contributed by atoms with van der Waals surface area (Å²) in [6.07, 6.45) is 12.0. The van der Waals surface area contributed by atoms with Crippen LogP contribution in [0, 0.1) is 0 Å². The van der Waals surface area contributed by atoms with Crippen LogP contribution in [0.25, 0.3) is 0 Å². The minimum absolute atomic E-state index is 0.501. The van der Waals surface area contributed by atoms with E-state index >= 15 is 0 Å². The predicted octanol–water partition coefficient (Wildman–Crippen LogP) is 7.36. The number of thioether (sulfide) groups is 1. The summed E-state index contributed by atoms with van der Waals surface area (Å²) in [5, 5.41) is 6.25. The summed E-state index contributed by atoms with van der Waals surface area (Å²) in [4.78, 5) is 6.97. The lowest BCUT2D eigenvalue weighted by Gasteiger charge is -2.20. The zero-order valence-electron chi connectivity index (χ0n) is 17.3. The molecule has 1 heterocycles. The molecule has 1 aliphatic rings. The van der Waals surface area contributed by atoms with Crippen molar-refractivity contribution in [1.29, 1.82) is 0 Å². The first-order valence-corrected chi connectivity index (χ1v) is 12.3. The van der Waals surface area contributed by atoms with Crippen molar-refractivity contribution < 1.29 is 0 Å². The molecule has 3 nitrogen and oxygen atoms in total. The molecule has 28 heavy (non-hydrogen) atoms. The summed E-state index contributed by atoms with van der Waals surface area (Å²) in [6, 6.07) is 7.65. The molecule has 1 unspecified atom stereocenters. The Morgan fingerprint density at radius 1 is 1.18 bits per heavy atom. The molecule has 0 bridgehead atoms. The van der Waals surface area contributed by atoms with Gasteiger partial charge >= 0.3 is 0 Å². The van der Waals surface area contributed by atoms with E-state index in [0.29, 0.717) is 15.4 Å². The maximum absolute atomic E-state index is 6.07. The Balaban J connectivity index is 1.71. The number of hydrogen-bond acceptors (Lipinski definition) is 3. The number of halogens is 1. The predicted molar refractivity (Wildman–Crippen MR) is 131 cm³/mol. The maximum atomic E-state index is 6.07. The van der Waals surface area contributed by atoms with Crippen molar-refractivity contribution in [2.45, 2.75) is 76.9 Å². The van der Waals surface area contributed by atoms with E-state index in [1.54, 1.807) is 0 Å². The second-order valence-corrected chi connectivity index (χ2v) is 9.70. The number of thiocarbonyl (C=S) groups is 1. The van der Waals surface area contributed by atoms with Crippen LogP contribution in [-0.2, 0) is 0 Å². The van der Waals surface area contributed by atoms with Crippen LogP contribution in [-0.4, -0.2) is 33.5 Å². The number of rotatable bonds is 11. The molecule has 0 saturated carbocycles. The summed E-state index contributed by atoms with van der Waals surface area (Å²) in [7, 11) is 0. The summed E-state index contributed by atoms with van der Waals surface area (Å²) < 4.78 is 0. The van der Waals surface area contributed by atoms with Crippen LogP contribution in [0.5, 0.6) is 0 Å². The van der Waals surface area contributed by atoms with Gasteiger partial charge in [-0.25, -0.2) is 0 Å². The van der Waals surface area contributed by atoms with Gasteiger partial charge in [0, 0.05) is 29.0 Å². The number of benzene rings is 1. The fraction of sp³-hybridized carbons (Fsp3) is 0.636. The van der Waals surface area contributed by atoms with E-state index in [4.69, 9.17) is 28.8 Å². The van der Waals surface area contributed by atoms with Crippen LogP contribution in [0.15, 0.2) is 29.3 Å². The summed E-state index contributed by atoms with van der Waals surface area (Å²) >= 11 is 13.5. The number of unbranched alkanes of at least 4 members (excludes halogenated alkanes) is 8. The molecule has 156 valence electrons. The van der Waals surface area contributed by atoms with Crippen molar-refractivity contribution in [1.82, 2.24) is 4.90 Å². The van der Waals surface area contributed by atoms with Crippen LogP contribution < -0.4 is 5.32 Å². The highest BCUT2D eigenvalue weighted by Gasteiger charge is 2.28. The van der Waals surface area contributed by atoms with E-state index in [1.165, 1.54) is 51.4 Å². The fourth-order valence-corrected chi connectivity index (χ4v) is 4.83. The highest BCUT2D eigenvalue weighted by atomic mass is 35.5. The number of anilines is 1. The number of amidine groups is 1. The molecular formula is C22H34ClN3S2. The SMILES string of the molecule is CCCCCCCCCCCN=C1SC(C)CN1C(=S)Nc1cccc(Cl)c1. The molecule has 1 saturated heterocycles. The maximum Gasteiger partial charge on any atom is 0.179 e. The Morgan fingerprint density at radius 2 is 1.86 bits per heavy atom. The monoisotopic (exact) mass is 439 g/mol. The molecule has 1 fully saturated rings. The van der Waals surface area contributed by atoms with Crippen LogP contribution in [0.3, 0.4) is 0 Å². The van der Waals surface area contributed by atoms with Gasteiger partial charge in [0.05, 0.1) is 0 Å². The van der Waals surface area contributed by atoms with Gasteiger partial charge in [-0.3, -0.25) is 9.89 Å². The van der Waals surface area contributed by atoms with Gasteiger partial charge in [0.25, 0.3) is 0 Å². The Bertz CT molecular complexity index is 636. The van der Waals surface area contributed by atoms with Crippen LogP contribution in [0.1, 0.15) is 71.6 Å². The quantitative estimate of drug-likeness (QED) is 0.288. The summed E-state index contributed by atoms with van der Waals surface area (Å²) in [5.74, 6) is 0. The van der Waals surface area contributed by atoms with E-state index in [1.807, 2.05) is 36.0 Å². The number of aliphatic imine (C=N–C) groups is 1. The minimum Gasteiger partial charge on any atom is -0.332 e. The normalized spacial score (nSPS) is 18.0. The minimum atomic E-state index is 0.501. The zero-order valence-corrected chi connectivity index (χ0v) is 19.6. The van der Waals surface area contributed by atoms with Crippen molar-refractivity contribution in [2.24, 2.45) is 4.99 Å². The largest absolute Gasteiger partial charge is 0.332 e. The van der Waals surface area contributed by atoms with Gasteiger partial charge in [-0.15, -0.1) is 0 Å². The Morgan fingerprint density at radius 3 is 2.54 bits per heavy atom. The lowest BCUT2D eigenvalue weighted by atomic mass is 10.1. The number of nitrogens with zero attached hydrogens (tertiary/aromatic N) is 2. The fourth-order valence-electron chi connectivity index (χ4n) is 3.26. The van der Waals surface area contributed by atoms with E-state index < -0.39 is 0 Å². The van der Waals surface area contributed by atoms with E-state index in [-0.39, 0.29) is 0 Å². The molecule has 0 aliphatic carbocycles. The standard InChI is InChI=1S/C22H34ClN3S2/c1-3-4-5-6-7-8-9-10-11-15-24-22-26(17-18(2)28-22)21(27)25-20-14-12-13-19(23)16-20/h12-14,16,18H,3-11,15,17H2,1-2H3,(H,25,27). The van der Waals surface area contributed by atoms with Crippen molar-refractivity contribution in [2.75, 3.05) is 18.4 Å². The molecule has 0 radical (unpaired) electrons. The zero-order chi connectivity index (χ0) is 20.2. The molecule has 6 heteroatoms. The second kappa shape index (κ2) is 13.4. The van der Waals surface area contributed by atoms with E-state index in [9.17, 15) is 0 Å². The number of nitrogens with one attached hydrogen (secondary N) is 1. The third-order valence-electron chi connectivity index (χ3n) is 4.81. The molecule has 0 amide bonds. The Hall–Kier alpha value is -0.780. The molecule has 1 N–H and O–H groups in total. The van der Waals surface area contributed by atoms with Crippen molar-refractivity contribution >= 4 is 51.5 Å². The molecule has 1 atom stereocenters. The lowest BCUT2D eigenvalue weighted by molar-refractivity contribution is 0.566. The van der Waals surface area contributed by atoms with Crippen molar-refractivity contribution in [3.8, 4) is 0 Å². The van der Waals surface area contributed by atoms with Gasteiger partial charge in [0.2, 0.25) is 0 Å². The Kier molecular flexibility index (Phi) is 11.3. The summed E-state index contributed by atoms with van der Waals surface area (Å²) in [6.45, 7) is 6.28. The average Bonchev–Trinajstić information content (AvgIpc) is 3.04. The van der Waals surface area contributed by atoms with Crippen LogP contribution in [0.4, 0.5) is 5.69 Å². The van der Waals surface area contributed by atoms with Crippen LogP contribution in [0.2, 0.25) is 5.02 Å². The molecule has 0 spiro atoms. The van der Waals surface area contributed by atoms with Gasteiger partial charge in [-0.2, -0.15) is 0 Å². The molecule has 1 aliphatic heterocycles. The molecule has 1 aromatic carbocycles. The van der Waals surface area contributed by atoms with Gasteiger partial charge in [-0.1, -0.05) is 94.6 Å².